The third-order valence-electron chi connectivity index (χ3n) is 7.45. The molecule has 262 valence electrons. The first-order valence-electron chi connectivity index (χ1n) is 16.0. The molecule has 0 aliphatic rings. The highest BCUT2D eigenvalue weighted by atomic mass is 35.5. The molecule has 17 heteroatoms. The number of carbonyl (C=O) groups is 1. The molecule has 3 N–H and O–H groups in total. The highest BCUT2D eigenvalue weighted by Gasteiger charge is 2.17. The van der Waals surface area contributed by atoms with Gasteiger partial charge in [-0.05, 0) is 67.9 Å². The summed E-state index contributed by atoms with van der Waals surface area (Å²) in [5.74, 6) is 6.89. The average Bonchev–Trinajstić information content (AvgIpc) is 3.66. The molecule has 6 rings (SSSR count). The summed E-state index contributed by atoms with van der Waals surface area (Å²) in [6.45, 7) is 7.68. The van der Waals surface area contributed by atoms with Crippen molar-refractivity contribution in [3.63, 3.8) is 0 Å². The maximum absolute atomic E-state index is 13.6. The van der Waals surface area contributed by atoms with E-state index in [0.717, 1.165) is 28.2 Å². The van der Waals surface area contributed by atoms with Gasteiger partial charge in [0.05, 0.1) is 30.7 Å². The minimum atomic E-state index is -0.484. The highest BCUT2D eigenvalue weighted by Crippen LogP contribution is 2.27. The van der Waals surface area contributed by atoms with E-state index in [1.807, 2.05) is 44.2 Å². The van der Waals surface area contributed by atoms with Gasteiger partial charge in [-0.15, -0.1) is 16.4 Å². The number of carbonyl (C=O) groups excluding carboxylic acids is 1. The molecule has 0 radical (unpaired) electrons. The number of aryl methyl sites for hydroxylation is 2. The second kappa shape index (κ2) is 16.6. The average molecular weight is 761 g/mol. The van der Waals surface area contributed by atoms with Crippen LogP contribution in [-0.2, 0) is 16.1 Å². The Bertz CT molecular complexity index is 2390. The predicted molar refractivity (Wildman–Crippen MR) is 204 cm³/mol. The summed E-state index contributed by atoms with van der Waals surface area (Å²) in [6.07, 6.45) is 2.61. The molecule has 5 aromatic heterocycles. The van der Waals surface area contributed by atoms with Crippen LogP contribution in [0.2, 0.25) is 5.02 Å². The van der Waals surface area contributed by atoms with Gasteiger partial charge in [0.2, 0.25) is 0 Å². The number of ether oxygens (including phenoxy) is 1. The van der Waals surface area contributed by atoms with E-state index in [1.54, 1.807) is 28.7 Å². The van der Waals surface area contributed by atoms with Crippen molar-refractivity contribution in [1.29, 1.82) is 0 Å². The number of halogens is 1. The smallest absolute Gasteiger partial charge is 0.296 e. The quantitative estimate of drug-likeness (QED) is 0.0452. The molecule has 0 fully saturated rings. The monoisotopic (exact) mass is 760 g/mol. The Morgan fingerprint density at radius 1 is 1.16 bits per heavy atom. The molecule has 0 unspecified atom stereocenters. The molecule has 1 amide bonds. The first-order chi connectivity index (χ1) is 24.7. The fraction of sp³-hybridized carbons (Fsp3) is 0.294. The lowest BCUT2D eigenvalue weighted by Crippen LogP contribution is -2.26. The molecule has 51 heavy (non-hydrogen) atoms. The third kappa shape index (κ3) is 8.63. The first-order valence-corrected chi connectivity index (χ1v) is 18.6. The van der Waals surface area contributed by atoms with Crippen molar-refractivity contribution in [2.45, 2.75) is 38.9 Å². The van der Waals surface area contributed by atoms with E-state index in [0.29, 0.717) is 68.5 Å². The number of fused-ring (bicyclic) bond motifs is 2. The van der Waals surface area contributed by atoms with E-state index >= 15 is 0 Å². The van der Waals surface area contributed by atoms with Crippen LogP contribution in [0.3, 0.4) is 0 Å². The summed E-state index contributed by atoms with van der Waals surface area (Å²) >= 11 is 14.4. The van der Waals surface area contributed by atoms with Gasteiger partial charge in [0.15, 0.2) is 26.9 Å². The second-order valence-corrected chi connectivity index (χ2v) is 14.4. The lowest BCUT2D eigenvalue weighted by atomic mass is 10.2. The maximum Gasteiger partial charge on any atom is 0.296 e. The zero-order valence-electron chi connectivity index (χ0n) is 27.9. The normalized spacial score (nSPS) is 11.1. The largest absolute Gasteiger partial charge is 0.378 e. The van der Waals surface area contributed by atoms with Gasteiger partial charge >= 0.3 is 0 Å². The minimum Gasteiger partial charge on any atom is -0.378 e. The van der Waals surface area contributed by atoms with Gasteiger partial charge in [0, 0.05) is 40.9 Å². The molecule has 0 saturated heterocycles. The first kappa shape index (κ1) is 36.1. The molecule has 0 atom stereocenters. The summed E-state index contributed by atoms with van der Waals surface area (Å²) in [5, 5.41) is 16.4. The number of thiophene rings is 1. The Morgan fingerprint density at radius 2 is 1.96 bits per heavy atom. The van der Waals surface area contributed by atoms with Crippen LogP contribution < -0.4 is 16.2 Å². The summed E-state index contributed by atoms with van der Waals surface area (Å²) in [7, 11) is 0. The van der Waals surface area contributed by atoms with Crippen LogP contribution in [0, 0.1) is 30.5 Å². The number of H-pyrrole nitrogens is 1. The van der Waals surface area contributed by atoms with Gasteiger partial charge in [-0.2, -0.15) is 0 Å². The fourth-order valence-electron chi connectivity index (χ4n) is 5.03. The van der Waals surface area contributed by atoms with Crippen LogP contribution in [0.5, 0.6) is 0 Å². The lowest BCUT2D eigenvalue weighted by molar-refractivity contribution is -0.115. The number of nitrogens with zero attached hydrogens (tertiary/aromatic N) is 7. The number of aromatic nitrogens is 8. The van der Waals surface area contributed by atoms with Gasteiger partial charge < -0.3 is 20.4 Å². The van der Waals surface area contributed by atoms with Gasteiger partial charge in [0.25, 0.3) is 11.5 Å². The predicted octanol–water partition coefficient (Wildman–Crippen LogP) is 5.46. The van der Waals surface area contributed by atoms with Crippen molar-refractivity contribution in [1.82, 2.24) is 44.8 Å². The minimum absolute atomic E-state index is 0.235. The van der Waals surface area contributed by atoms with Crippen LogP contribution in [0.1, 0.15) is 34.9 Å². The molecule has 13 nitrogen and oxygen atoms in total. The van der Waals surface area contributed by atoms with Crippen molar-refractivity contribution < 1.29 is 9.53 Å². The molecular formula is C34H33ClN10O3S3. The lowest BCUT2D eigenvalue weighted by Gasteiger charge is -2.09. The van der Waals surface area contributed by atoms with Crippen molar-refractivity contribution >= 4 is 80.0 Å². The van der Waals surface area contributed by atoms with Gasteiger partial charge in [0.1, 0.15) is 10.6 Å². The van der Waals surface area contributed by atoms with Crippen LogP contribution in [0.25, 0.3) is 27.2 Å². The molecular weight excluding hydrogens is 728 g/mol. The summed E-state index contributed by atoms with van der Waals surface area (Å²) in [6, 6.07) is 11.2. The van der Waals surface area contributed by atoms with E-state index in [-0.39, 0.29) is 23.5 Å². The molecule has 0 spiro atoms. The van der Waals surface area contributed by atoms with Crippen molar-refractivity contribution in [2.75, 3.05) is 37.4 Å². The number of amides is 1. The van der Waals surface area contributed by atoms with Gasteiger partial charge in [-0.1, -0.05) is 53.6 Å². The molecule has 6 aromatic rings. The van der Waals surface area contributed by atoms with Crippen LogP contribution in [0.4, 0.5) is 5.82 Å². The summed E-state index contributed by atoms with van der Waals surface area (Å²) in [5.41, 5.74) is 3.30. The van der Waals surface area contributed by atoms with E-state index in [1.165, 1.54) is 15.9 Å². The summed E-state index contributed by atoms with van der Waals surface area (Å²) in [4.78, 5) is 44.4. The van der Waals surface area contributed by atoms with Crippen molar-refractivity contribution in [3.8, 4) is 17.7 Å². The Hall–Kier alpha value is -4.66. The number of rotatable bonds is 13. The number of hydrogen-bond donors (Lipinski definition) is 3. The number of benzene rings is 1. The molecule has 0 bridgehead atoms. The second-order valence-electron chi connectivity index (χ2n) is 11.3. The standard InChI is InChI=1S/C34H33ClN10O3S3/c1-4-17-50-33-39-29(28-30(40-33)44(43-42-28)19-22-5-7-23(35)8-6-22)38-14-16-48-15-13-37-26(46)10-9-24-21(3)51-31-27(24)32(47)45(34(49)41-31)25-18-20(2)11-12-36-25/h5-8,11-12,18H,4,13-17,19H2,1-3H3,(H,37,46)(H,41,49)(H,38,39,40). The number of hydrogen-bond acceptors (Lipinski definition) is 12. The molecule has 0 saturated carbocycles. The Balaban J connectivity index is 1.04. The number of aromatic amines is 1. The molecule has 5 heterocycles. The fourth-order valence-corrected chi connectivity index (χ4v) is 7.19. The van der Waals surface area contributed by atoms with Crippen LogP contribution >= 0.6 is 46.9 Å². The number of thioether (sulfide) groups is 1. The Labute approximate surface area is 311 Å². The van der Waals surface area contributed by atoms with E-state index in [2.05, 4.69) is 54.7 Å². The molecule has 0 aliphatic heterocycles. The SMILES string of the molecule is CCCSc1nc(NCCOCCNC(=O)C#Cc2c(C)sc3[nH]c(=S)n(-c4cc(C)ccn4)c(=O)c23)c2nnn(Cc3ccc(Cl)cc3)c2n1. The third-order valence-corrected chi connectivity index (χ3v) is 10.1. The molecule has 1 aromatic carbocycles. The van der Waals surface area contributed by atoms with Gasteiger partial charge in [-0.3, -0.25) is 9.59 Å². The zero-order valence-corrected chi connectivity index (χ0v) is 31.2. The van der Waals surface area contributed by atoms with Crippen molar-refractivity contribution in [2.24, 2.45) is 0 Å². The van der Waals surface area contributed by atoms with Gasteiger partial charge in [-0.25, -0.2) is 24.2 Å². The highest BCUT2D eigenvalue weighted by molar-refractivity contribution is 7.99. The molecule has 0 aliphatic carbocycles. The summed E-state index contributed by atoms with van der Waals surface area (Å²) < 4.78 is 9.07. The van der Waals surface area contributed by atoms with E-state index in [4.69, 9.17) is 33.5 Å². The topological polar surface area (TPSA) is 158 Å². The number of nitrogens with one attached hydrogen (secondary N) is 3. The Morgan fingerprint density at radius 3 is 2.75 bits per heavy atom. The van der Waals surface area contributed by atoms with E-state index in [9.17, 15) is 9.59 Å². The Kier molecular flexibility index (Phi) is 11.7. The number of anilines is 1. The van der Waals surface area contributed by atoms with Crippen LogP contribution in [0.15, 0.2) is 52.5 Å². The van der Waals surface area contributed by atoms with Crippen LogP contribution in [-0.4, -0.2) is 77.5 Å². The van der Waals surface area contributed by atoms with E-state index < -0.39 is 5.91 Å². The van der Waals surface area contributed by atoms with Crippen molar-refractivity contribution in [3.05, 3.63) is 84.3 Å². The maximum atomic E-state index is 13.6. The zero-order chi connectivity index (χ0) is 35.9. The number of pyridine rings is 1.